The fourth-order valence-corrected chi connectivity index (χ4v) is 2.08. The van der Waals surface area contributed by atoms with E-state index in [1.807, 2.05) is 48.6 Å². The molecule has 0 atom stereocenters. The Balaban J connectivity index is 2.35. The fourth-order valence-electron chi connectivity index (χ4n) is 2.08. The average Bonchev–Trinajstić information content (AvgIpc) is 2.59. The molecule has 4 nitrogen and oxygen atoms in total. The molecule has 114 valence electrons. The molecule has 0 spiro atoms. The van der Waals surface area contributed by atoms with Gasteiger partial charge in [-0.25, -0.2) is 4.79 Å². The van der Waals surface area contributed by atoms with E-state index in [-0.39, 0.29) is 0 Å². The summed E-state index contributed by atoms with van der Waals surface area (Å²) in [6, 6.07) is 13.0. The summed E-state index contributed by atoms with van der Waals surface area (Å²) >= 11 is 0. The summed E-state index contributed by atoms with van der Waals surface area (Å²) in [6.45, 7) is 0. The van der Waals surface area contributed by atoms with Crippen molar-refractivity contribution >= 4 is 18.1 Å². The second kappa shape index (κ2) is 7.31. The second-order valence-corrected chi connectivity index (χ2v) is 4.52. The van der Waals surface area contributed by atoms with Crippen LogP contribution in [0.1, 0.15) is 21.5 Å². The van der Waals surface area contributed by atoms with Gasteiger partial charge in [-0.2, -0.15) is 0 Å². The van der Waals surface area contributed by atoms with E-state index in [9.17, 15) is 4.79 Å². The molecular formula is C18H18O4. The molecule has 2 aromatic carbocycles. The number of hydrogen-bond acceptors (Lipinski definition) is 4. The van der Waals surface area contributed by atoms with Crippen LogP contribution in [0.4, 0.5) is 0 Å². The van der Waals surface area contributed by atoms with Gasteiger partial charge in [0.15, 0.2) is 0 Å². The second-order valence-electron chi connectivity index (χ2n) is 4.52. The molecule has 0 radical (unpaired) electrons. The minimum Gasteiger partial charge on any atom is -0.497 e. The van der Waals surface area contributed by atoms with Crippen LogP contribution in [0.3, 0.4) is 0 Å². The first-order chi connectivity index (χ1) is 10.7. The van der Waals surface area contributed by atoms with Gasteiger partial charge in [0.05, 0.1) is 21.3 Å². The summed E-state index contributed by atoms with van der Waals surface area (Å²) in [5.41, 5.74) is 2.15. The molecule has 0 aliphatic carbocycles. The Bertz CT molecular complexity index is 672. The number of rotatable bonds is 5. The largest absolute Gasteiger partial charge is 0.497 e. The number of methoxy groups -OCH3 is 3. The van der Waals surface area contributed by atoms with E-state index in [0.29, 0.717) is 11.3 Å². The molecule has 0 aliphatic rings. The highest BCUT2D eigenvalue weighted by atomic mass is 16.5. The number of ether oxygens (including phenoxy) is 3. The Morgan fingerprint density at radius 1 is 0.909 bits per heavy atom. The Labute approximate surface area is 129 Å². The van der Waals surface area contributed by atoms with Gasteiger partial charge < -0.3 is 14.2 Å². The molecule has 0 unspecified atom stereocenters. The lowest BCUT2D eigenvalue weighted by Crippen LogP contribution is -2.06. The number of benzene rings is 2. The third kappa shape index (κ3) is 3.47. The van der Waals surface area contributed by atoms with Gasteiger partial charge in [-0.05, 0) is 29.3 Å². The van der Waals surface area contributed by atoms with Crippen molar-refractivity contribution in [1.29, 1.82) is 0 Å². The summed E-state index contributed by atoms with van der Waals surface area (Å²) in [4.78, 5) is 12.0. The van der Waals surface area contributed by atoms with E-state index in [1.165, 1.54) is 14.2 Å². The van der Waals surface area contributed by atoms with Crippen LogP contribution in [0.2, 0.25) is 0 Å². The highest BCUT2D eigenvalue weighted by Crippen LogP contribution is 2.25. The first-order valence-corrected chi connectivity index (χ1v) is 6.77. The van der Waals surface area contributed by atoms with E-state index < -0.39 is 5.97 Å². The van der Waals surface area contributed by atoms with Gasteiger partial charge >= 0.3 is 5.97 Å². The Hall–Kier alpha value is -2.75. The van der Waals surface area contributed by atoms with Crippen LogP contribution in [-0.2, 0) is 4.74 Å². The van der Waals surface area contributed by atoms with Crippen molar-refractivity contribution in [3.05, 3.63) is 59.2 Å². The maximum absolute atomic E-state index is 12.0. The number of esters is 1. The lowest BCUT2D eigenvalue weighted by Gasteiger charge is -2.09. The van der Waals surface area contributed by atoms with E-state index in [1.54, 1.807) is 13.2 Å². The molecule has 0 bridgehead atoms. The Kier molecular flexibility index (Phi) is 5.20. The van der Waals surface area contributed by atoms with Crippen molar-refractivity contribution in [3.8, 4) is 11.5 Å². The first kappa shape index (κ1) is 15.6. The van der Waals surface area contributed by atoms with Gasteiger partial charge in [0, 0.05) is 0 Å². The molecule has 0 aromatic heterocycles. The topological polar surface area (TPSA) is 44.8 Å². The minimum atomic E-state index is -0.424. The molecule has 0 aliphatic heterocycles. The molecule has 0 N–H and O–H groups in total. The van der Waals surface area contributed by atoms with Gasteiger partial charge in [0.25, 0.3) is 0 Å². The van der Waals surface area contributed by atoms with E-state index >= 15 is 0 Å². The van der Waals surface area contributed by atoms with Crippen LogP contribution >= 0.6 is 0 Å². The van der Waals surface area contributed by atoms with E-state index in [2.05, 4.69) is 0 Å². The van der Waals surface area contributed by atoms with Crippen molar-refractivity contribution in [3.63, 3.8) is 0 Å². The highest BCUT2D eigenvalue weighted by molar-refractivity contribution is 5.97. The lowest BCUT2D eigenvalue weighted by atomic mass is 10.0. The molecule has 0 saturated carbocycles. The predicted molar refractivity (Wildman–Crippen MR) is 86.3 cm³/mol. The first-order valence-electron chi connectivity index (χ1n) is 6.77. The monoisotopic (exact) mass is 298 g/mol. The predicted octanol–water partition coefficient (Wildman–Crippen LogP) is 3.66. The number of carbonyl (C=O) groups excluding carboxylic acids is 1. The van der Waals surface area contributed by atoms with Crippen LogP contribution < -0.4 is 9.47 Å². The summed E-state index contributed by atoms with van der Waals surface area (Å²) in [5, 5.41) is 0. The molecule has 4 heteroatoms. The molecule has 2 rings (SSSR count). The SMILES string of the molecule is COC(=O)c1c(C=Cc2ccc(OC)cc2)cccc1OC. The van der Waals surface area contributed by atoms with Gasteiger partial charge in [-0.15, -0.1) is 0 Å². The van der Waals surface area contributed by atoms with Crippen LogP contribution in [-0.4, -0.2) is 27.3 Å². The summed E-state index contributed by atoms with van der Waals surface area (Å²) < 4.78 is 15.2. The van der Waals surface area contributed by atoms with Gasteiger partial charge in [0.1, 0.15) is 17.1 Å². The Morgan fingerprint density at radius 3 is 2.23 bits per heavy atom. The maximum Gasteiger partial charge on any atom is 0.342 e. The third-order valence-corrected chi connectivity index (χ3v) is 3.24. The number of hydrogen-bond donors (Lipinski definition) is 0. The zero-order valence-electron chi connectivity index (χ0n) is 12.8. The van der Waals surface area contributed by atoms with Crippen LogP contribution in [0.25, 0.3) is 12.2 Å². The zero-order valence-corrected chi connectivity index (χ0v) is 12.8. The van der Waals surface area contributed by atoms with Crippen molar-refractivity contribution in [2.75, 3.05) is 21.3 Å². The van der Waals surface area contributed by atoms with Crippen LogP contribution in [0.15, 0.2) is 42.5 Å². The quantitative estimate of drug-likeness (QED) is 0.624. The lowest BCUT2D eigenvalue weighted by molar-refractivity contribution is 0.0597. The van der Waals surface area contributed by atoms with Crippen LogP contribution in [0.5, 0.6) is 11.5 Å². The molecule has 0 fully saturated rings. The fraction of sp³-hybridized carbons (Fsp3) is 0.167. The zero-order chi connectivity index (χ0) is 15.9. The normalized spacial score (nSPS) is 10.5. The van der Waals surface area contributed by atoms with Crippen molar-refractivity contribution < 1.29 is 19.0 Å². The van der Waals surface area contributed by atoms with Gasteiger partial charge in [0.2, 0.25) is 0 Å². The van der Waals surface area contributed by atoms with Gasteiger partial charge in [-0.1, -0.05) is 36.4 Å². The van der Waals surface area contributed by atoms with E-state index in [4.69, 9.17) is 14.2 Å². The minimum absolute atomic E-state index is 0.414. The average molecular weight is 298 g/mol. The highest BCUT2D eigenvalue weighted by Gasteiger charge is 2.16. The summed E-state index contributed by atoms with van der Waals surface area (Å²) in [6.07, 6.45) is 3.78. The molecule has 22 heavy (non-hydrogen) atoms. The third-order valence-electron chi connectivity index (χ3n) is 3.24. The Morgan fingerprint density at radius 2 is 1.64 bits per heavy atom. The van der Waals surface area contributed by atoms with Crippen molar-refractivity contribution in [2.45, 2.75) is 0 Å². The summed E-state index contributed by atoms with van der Waals surface area (Å²) in [7, 11) is 4.51. The smallest absolute Gasteiger partial charge is 0.342 e. The summed E-state index contributed by atoms with van der Waals surface area (Å²) in [5.74, 6) is 0.865. The maximum atomic E-state index is 12.0. The standard InChI is InChI=1S/C18H18O4/c1-20-15-11-8-13(9-12-15)7-10-14-5-4-6-16(21-2)17(14)18(19)22-3/h4-12H,1-3H3. The molecule has 0 amide bonds. The molecule has 0 heterocycles. The molecular weight excluding hydrogens is 280 g/mol. The van der Waals surface area contributed by atoms with Crippen molar-refractivity contribution in [2.24, 2.45) is 0 Å². The molecule has 0 saturated heterocycles. The van der Waals surface area contributed by atoms with Crippen molar-refractivity contribution in [1.82, 2.24) is 0 Å². The van der Waals surface area contributed by atoms with Crippen LogP contribution in [0, 0.1) is 0 Å². The van der Waals surface area contributed by atoms with E-state index in [0.717, 1.165) is 16.9 Å². The van der Waals surface area contributed by atoms with Gasteiger partial charge in [-0.3, -0.25) is 0 Å². The number of carbonyl (C=O) groups is 1. The molecule has 2 aromatic rings.